The van der Waals surface area contributed by atoms with E-state index in [4.69, 9.17) is 14.5 Å². The number of carbonyl (C=O) groups is 1. The molecule has 1 aliphatic rings. The van der Waals surface area contributed by atoms with E-state index in [0.717, 1.165) is 39.8 Å². The minimum absolute atomic E-state index is 0.165. The van der Waals surface area contributed by atoms with Crippen LogP contribution in [0.5, 0.6) is 0 Å². The first-order valence-corrected chi connectivity index (χ1v) is 13.4. The molecule has 1 saturated heterocycles. The second kappa shape index (κ2) is 10.9. The van der Waals surface area contributed by atoms with Crippen LogP contribution in [0, 0.1) is 11.3 Å². The van der Waals surface area contributed by atoms with Crippen LogP contribution < -0.4 is 0 Å². The number of aryl methyl sites for hydroxylation is 1. The fraction of sp³-hybridized carbons (Fsp3) is 0.344. The molecule has 0 N–H and O–H groups in total. The molecule has 1 fully saturated rings. The number of amides is 1. The van der Waals surface area contributed by atoms with Crippen LogP contribution in [0.15, 0.2) is 66.9 Å². The molecule has 1 amide bonds. The Kier molecular flexibility index (Phi) is 7.40. The van der Waals surface area contributed by atoms with Crippen molar-refractivity contribution in [3.63, 3.8) is 0 Å². The van der Waals surface area contributed by atoms with Crippen molar-refractivity contribution < 1.29 is 14.3 Å². The second-order valence-corrected chi connectivity index (χ2v) is 10.9. The number of carbonyl (C=O) groups excluding carboxylic acids is 1. The van der Waals surface area contributed by atoms with Gasteiger partial charge in [-0.2, -0.15) is 5.26 Å². The number of morpholine rings is 1. The molecule has 0 spiro atoms. The Morgan fingerprint density at radius 1 is 1.10 bits per heavy atom. The summed E-state index contributed by atoms with van der Waals surface area (Å²) < 4.78 is 13.8. The van der Waals surface area contributed by atoms with Gasteiger partial charge in [-0.25, -0.2) is 9.78 Å². The van der Waals surface area contributed by atoms with Crippen LogP contribution in [-0.2, 0) is 22.4 Å². The number of pyridine rings is 1. The van der Waals surface area contributed by atoms with Gasteiger partial charge in [0.25, 0.3) is 0 Å². The summed E-state index contributed by atoms with van der Waals surface area (Å²) >= 11 is 0. The molecule has 7 heteroatoms. The summed E-state index contributed by atoms with van der Waals surface area (Å²) in [5, 5.41) is 9.29. The zero-order chi connectivity index (χ0) is 27.6. The van der Waals surface area contributed by atoms with Crippen molar-refractivity contribution in [2.45, 2.75) is 52.4 Å². The highest BCUT2D eigenvalue weighted by atomic mass is 16.6. The lowest BCUT2D eigenvalue weighted by molar-refractivity contribution is -0.0469. The molecule has 0 bridgehead atoms. The van der Waals surface area contributed by atoms with Crippen molar-refractivity contribution in [3.05, 3.63) is 78.0 Å². The molecule has 0 saturated carbocycles. The van der Waals surface area contributed by atoms with Crippen LogP contribution in [-0.4, -0.2) is 51.9 Å². The summed E-state index contributed by atoms with van der Waals surface area (Å²) in [4.78, 5) is 19.5. The number of nitriles is 1. The Labute approximate surface area is 229 Å². The van der Waals surface area contributed by atoms with Crippen molar-refractivity contribution in [2.75, 3.05) is 19.7 Å². The zero-order valence-electron chi connectivity index (χ0n) is 23.0. The van der Waals surface area contributed by atoms with E-state index < -0.39 is 5.60 Å². The van der Waals surface area contributed by atoms with Gasteiger partial charge in [0.15, 0.2) is 0 Å². The number of hydrogen-bond acceptors (Lipinski definition) is 5. The molecule has 2 aromatic heterocycles. The van der Waals surface area contributed by atoms with E-state index >= 15 is 0 Å². The van der Waals surface area contributed by atoms with Gasteiger partial charge in [-0.3, -0.25) is 0 Å². The van der Waals surface area contributed by atoms with Gasteiger partial charge < -0.3 is 18.9 Å². The molecule has 39 heavy (non-hydrogen) atoms. The van der Waals surface area contributed by atoms with E-state index in [-0.39, 0.29) is 12.2 Å². The number of nitrogens with zero attached hydrogens (tertiary/aromatic N) is 4. The SMILES string of the molecule is CCc1ccc(-c2nc3ccn(C[C@H]4CN(C(=O)OC(C)(C)C)CCO4)c3cc2-c2ccc(C#N)cc2)cc1. The van der Waals surface area contributed by atoms with Crippen LogP contribution in [0.4, 0.5) is 4.79 Å². The van der Waals surface area contributed by atoms with Gasteiger partial charge in [0.05, 0.1) is 54.2 Å². The molecular weight excluding hydrogens is 488 g/mol. The molecule has 2 aromatic carbocycles. The molecule has 1 atom stereocenters. The maximum absolute atomic E-state index is 12.6. The second-order valence-electron chi connectivity index (χ2n) is 10.9. The van der Waals surface area contributed by atoms with E-state index in [1.165, 1.54) is 5.56 Å². The highest BCUT2D eigenvalue weighted by Crippen LogP contribution is 2.34. The highest BCUT2D eigenvalue weighted by molar-refractivity contribution is 5.90. The molecule has 4 aromatic rings. The first-order valence-electron chi connectivity index (χ1n) is 13.4. The normalized spacial score (nSPS) is 15.8. The first-order chi connectivity index (χ1) is 18.7. The van der Waals surface area contributed by atoms with E-state index in [9.17, 15) is 10.1 Å². The molecule has 0 aliphatic carbocycles. The summed E-state index contributed by atoms with van der Waals surface area (Å²) in [6, 6.07) is 22.5. The fourth-order valence-electron chi connectivity index (χ4n) is 4.87. The van der Waals surface area contributed by atoms with E-state index in [2.05, 4.69) is 47.9 Å². The Bertz CT molecular complexity index is 1510. The summed E-state index contributed by atoms with van der Waals surface area (Å²) in [5.74, 6) is 0. The Balaban J connectivity index is 1.49. The fourth-order valence-corrected chi connectivity index (χ4v) is 4.87. The quantitative estimate of drug-likeness (QED) is 0.301. The van der Waals surface area contributed by atoms with Crippen LogP contribution in [0.3, 0.4) is 0 Å². The van der Waals surface area contributed by atoms with E-state index in [1.807, 2.05) is 57.3 Å². The third-order valence-corrected chi connectivity index (χ3v) is 6.90. The van der Waals surface area contributed by atoms with Crippen LogP contribution in [0.25, 0.3) is 33.4 Å². The van der Waals surface area contributed by atoms with Crippen molar-refractivity contribution in [2.24, 2.45) is 0 Å². The molecule has 5 rings (SSSR count). The van der Waals surface area contributed by atoms with Crippen LogP contribution in [0.2, 0.25) is 0 Å². The number of benzene rings is 2. The van der Waals surface area contributed by atoms with Crippen LogP contribution >= 0.6 is 0 Å². The maximum Gasteiger partial charge on any atom is 0.410 e. The predicted molar refractivity (Wildman–Crippen MR) is 152 cm³/mol. The molecule has 1 aliphatic heterocycles. The van der Waals surface area contributed by atoms with Crippen molar-refractivity contribution in [1.82, 2.24) is 14.5 Å². The Morgan fingerprint density at radius 2 is 1.82 bits per heavy atom. The lowest BCUT2D eigenvalue weighted by Crippen LogP contribution is -2.48. The van der Waals surface area contributed by atoms with Gasteiger partial charge in [0.2, 0.25) is 0 Å². The third-order valence-electron chi connectivity index (χ3n) is 6.90. The lowest BCUT2D eigenvalue weighted by atomic mass is 9.97. The Morgan fingerprint density at radius 3 is 2.49 bits per heavy atom. The van der Waals surface area contributed by atoms with Gasteiger partial charge in [0.1, 0.15) is 5.60 Å². The minimum atomic E-state index is -0.538. The van der Waals surface area contributed by atoms with Gasteiger partial charge in [-0.05, 0) is 62.6 Å². The first kappa shape index (κ1) is 26.5. The molecule has 7 nitrogen and oxygen atoms in total. The molecule has 0 radical (unpaired) electrons. The van der Waals surface area contributed by atoms with Gasteiger partial charge in [-0.15, -0.1) is 0 Å². The maximum atomic E-state index is 12.6. The number of aromatic nitrogens is 2. The van der Waals surface area contributed by atoms with Crippen molar-refractivity contribution in [1.29, 1.82) is 5.26 Å². The third kappa shape index (κ3) is 5.97. The summed E-state index contributed by atoms with van der Waals surface area (Å²) in [5.41, 5.74) is 7.18. The number of rotatable bonds is 5. The number of fused-ring (bicyclic) bond motifs is 1. The van der Waals surface area contributed by atoms with Gasteiger partial charge >= 0.3 is 6.09 Å². The number of hydrogen-bond donors (Lipinski definition) is 0. The Hall–Kier alpha value is -4.15. The summed E-state index contributed by atoms with van der Waals surface area (Å²) in [6.07, 6.45) is 2.53. The lowest BCUT2D eigenvalue weighted by Gasteiger charge is -2.34. The highest BCUT2D eigenvalue weighted by Gasteiger charge is 2.28. The number of ether oxygens (including phenoxy) is 2. The molecular formula is C32H34N4O3. The predicted octanol–water partition coefficient (Wildman–Crippen LogP) is 6.44. The van der Waals surface area contributed by atoms with Gasteiger partial charge in [-0.1, -0.05) is 43.3 Å². The van der Waals surface area contributed by atoms with Gasteiger partial charge in [0, 0.05) is 23.9 Å². The largest absolute Gasteiger partial charge is 0.444 e. The summed E-state index contributed by atoms with van der Waals surface area (Å²) in [6.45, 7) is 9.80. The average Bonchev–Trinajstić information content (AvgIpc) is 3.33. The van der Waals surface area contributed by atoms with Crippen molar-refractivity contribution in [3.8, 4) is 28.5 Å². The molecule has 0 unspecified atom stereocenters. The standard InChI is InChI=1S/C32H34N4O3/c1-5-22-6-12-25(13-7-22)30-27(24-10-8-23(19-33)9-11-24)18-29-28(34-30)14-15-35(29)20-26-21-36(16-17-38-26)31(37)39-32(2,3)4/h6-15,18,26H,5,16-17,20-21H2,1-4H3/t26-/m0/s1. The van der Waals surface area contributed by atoms with Crippen LogP contribution in [0.1, 0.15) is 38.8 Å². The smallest absolute Gasteiger partial charge is 0.410 e. The monoisotopic (exact) mass is 522 g/mol. The van der Waals surface area contributed by atoms with Crippen molar-refractivity contribution >= 4 is 17.1 Å². The molecule has 3 heterocycles. The average molecular weight is 523 g/mol. The zero-order valence-corrected chi connectivity index (χ0v) is 23.0. The van der Waals surface area contributed by atoms with E-state index in [1.54, 1.807) is 4.90 Å². The molecule has 200 valence electrons. The summed E-state index contributed by atoms with van der Waals surface area (Å²) in [7, 11) is 0. The topological polar surface area (TPSA) is 80.4 Å². The minimum Gasteiger partial charge on any atom is -0.444 e. The van der Waals surface area contributed by atoms with E-state index in [0.29, 0.717) is 31.8 Å².